The fraction of sp³-hybridized carbons (Fsp3) is 0.238. The largest absolute Gasteiger partial charge is 0.494 e. The number of hydrogen-bond acceptors (Lipinski definition) is 10. The zero-order chi connectivity index (χ0) is 24.7. The first kappa shape index (κ1) is 24.9. The fourth-order valence-electron chi connectivity index (χ4n) is 2.66. The van der Waals surface area contributed by atoms with Crippen molar-refractivity contribution in [3.8, 4) is 5.75 Å². The predicted molar refractivity (Wildman–Crippen MR) is 127 cm³/mol. The molecule has 2 N–H and O–H groups in total. The molecule has 13 heteroatoms. The molecular formula is C21H22N6O5S2. The molecule has 3 rings (SSSR count). The summed E-state index contributed by atoms with van der Waals surface area (Å²) in [6.07, 6.45) is 0. The number of carbonyl (C=O) groups is 2. The molecule has 178 valence electrons. The van der Waals surface area contributed by atoms with Crippen LogP contribution in [0.2, 0.25) is 0 Å². The molecule has 0 unspecified atom stereocenters. The van der Waals surface area contributed by atoms with Gasteiger partial charge in [0, 0.05) is 5.69 Å². The molecule has 0 saturated heterocycles. The Kier molecular flexibility index (Phi) is 8.02. The smallest absolute Gasteiger partial charge is 0.263 e. The highest BCUT2D eigenvalue weighted by Gasteiger charge is 2.23. The average molecular weight is 503 g/mol. The van der Waals surface area contributed by atoms with Crippen molar-refractivity contribution < 1.29 is 22.7 Å². The van der Waals surface area contributed by atoms with Gasteiger partial charge in [0.2, 0.25) is 11.2 Å². The molecule has 0 saturated carbocycles. The lowest BCUT2D eigenvalue weighted by Crippen LogP contribution is -2.31. The number of rotatable bonds is 10. The van der Waals surface area contributed by atoms with E-state index in [2.05, 4.69) is 30.5 Å². The first-order valence-electron chi connectivity index (χ1n) is 10.1. The van der Waals surface area contributed by atoms with Gasteiger partial charge in [0.05, 0.1) is 17.2 Å². The lowest BCUT2D eigenvalue weighted by atomic mass is 10.2. The molecule has 0 aliphatic carbocycles. The predicted octanol–water partition coefficient (Wildman–Crippen LogP) is 3.73. The molecule has 1 amide bonds. The van der Waals surface area contributed by atoms with Gasteiger partial charge in [-0.15, -0.1) is 10.2 Å². The number of anilines is 2. The van der Waals surface area contributed by atoms with Gasteiger partial charge in [0.25, 0.3) is 15.9 Å². The molecule has 0 bridgehead atoms. The first-order chi connectivity index (χ1) is 16.2. The second kappa shape index (κ2) is 10.9. The Morgan fingerprint density at radius 2 is 1.76 bits per heavy atom. The van der Waals surface area contributed by atoms with Gasteiger partial charge in [-0.25, -0.2) is 8.42 Å². The molecule has 0 aliphatic rings. The Morgan fingerprint density at radius 3 is 2.32 bits per heavy atom. The number of nitrogens with zero attached hydrogens (tertiary/aromatic N) is 4. The monoisotopic (exact) mass is 502 g/mol. The third-order valence-electron chi connectivity index (χ3n) is 4.25. The lowest BCUT2D eigenvalue weighted by Gasteiger charge is -2.10. The van der Waals surface area contributed by atoms with Crippen LogP contribution in [0.5, 0.6) is 5.75 Å². The van der Waals surface area contributed by atoms with Crippen LogP contribution in [0, 0.1) is 6.92 Å². The Bertz CT molecular complexity index is 1290. The number of aromatic nitrogens is 2. The number of Topliss-reactive ketones (excluding diaryl/α,β-unsaturated/α-hetero) is 1. The summed E-state index contributed by atoms with van der Waals surface area (Å²) in [5.74, 6) is -0.485. The van der Waals surface area contributed by atoms with Crippen molar-refractivity contribution in [3.63, 3.8) is 0 Å². The lowest BCUT2D eigenvalue weighted by molar-refractivity contribution is -0.126. The van der Waals surface area contributed by atoms with Crippen LogP contribution in [0.1, 0.15) is 18.9 Å². The van der Waals surface area contributed by atoms with E-state index in [0.717, 1.165) is 11.3 Å². The third-order valence-corrected chi connectivity index (χ3v) is 6.49. The minimum atomic E-state index is -3.86. The maximum absolute atomic E-state index is 12.5. The van der Waals surface area contributed by atoms with Crippen molar-refractivity contribution in [2.45, 2.75) is 31.7 Å². The van der Waals surface area contributed by atoms with Crippen LogP contribution in [-0.4, -0.2) is 43.0 Å². The number of sulfonamides is 1. The molecule has 1 aromatic heterocycles. The van der Waals surface area contributed by atoms with Gasteiger partial charge in [0.15, 0.2) is 5.78 Å². The fourth-order valence-corrected chi connectivity index (χ4v) is 4.48. The number of ketones is 1. The third kappa shape index (κ3) is 6.65. The van der Waals surface area contributed by atoms with Crippen LogP contribution in [0.3, 0.4) is 0 Å². The average Bonchev–Trinajstić information content (AvgIpc) is 3.19. The van der Waals surface area contributed by atoms with Gasteiger partial charge in [-0.05, 0) is 69.3 Å². The minimum absolute atomic E-state index is 0.0179. The number of ether oxygens (including phenoxy) is 1. The summed E-state index contributed by atoms with van der Waals surface area (Å²) < 4.78 is 32.6. The van der Waals surface area contributed by atoms with Crippen molar-refractivity contribution in [1.29, 1.82) is 0 Å². The molecule has 11 nitrogen and oxygen atoms in total. The van der Waals surface area contributed by atoms with Gasteiger partial charge in [-0.2, -0.15) is 10.2 Å². The van der Waals surface area contributed by atoms with E-state index < -0.39 is 27.8 Å². The maximum Gasteiger partial charge on any atom is 0.263 e. The highest BCUT2D eigenvalue weighted by Crippen LogP contribution is 2.22. The second-order valence-electron chi connectivity index (χ2n) is 6.90. The van der Waals surface area contributed by atoms with Crippen molar-refractivity contribution in [1.82, 2.24) is 10.2 Å². The van der Waals surface area contributed by atoms with Crippen LogP contribution < -0.4 is 14.8 Å². The van der Waals surface area contributed by atoms with Gasteiger partial charge in [-0.3, -0.25) is 14.3 Å². The van der Waals surface area contributed by atoms with E-state index in [0.29, 0.717) is 23.1 Å². The Labute approximate surface area is 200 Å². The molecule has 3 aromatic rings. The van der Waals surface area contributed by atoms with E-state index >= 15 is 0 Å². The number of hydrogen-bond donors (Lipinski definition) is 2. The first-order valence-corrected chi connectivity index (χ1v) is 12.4. The normalized spacial score (nSPS) is 12.3. The molecule has 34 heavy (non-hydrogen) atoms. The van der Waals surface area contributed by atoms with E-state index in [-0.39, 0.29) is 15.7 Å². The summed E-state index contributed by atoms with van der Waals surface area (Å²) in [7, 11) is -3.86. The van der Waals surface area contributed by atoms with Crippen LogP contribution in [-0.2, 0) is 19.6 Å². The van der Waals surface area contributed by atoms with Gasteiger partial charge < -0.3 is 10.1 Å². The molecule has 1 heterocycles. The number of benzene rings is 2. The molecule has 0 aliphatic heterocycles. The van der Waals surface area contributed by atoms with Crippen molar-refractivity contribution in [2.24, 2.45) is 10.2 Å². The zero-order valence-corrected chi connectivity index (χ0v) is 20.2. The van der Waals surface area contributed by atoms with Crippen LogP contribution in [0.25, 0.3) is 0 Å². The molecule has 0 fully saturated rings. The van der Waals surface area contributed by atoms with Gasteiger partial charge in [0.1, 0.15) is 10.8 Å². The Morgan fingerprint density at radius 1 is 1.09 bits per heavy atom. The van der Waals surface area contributed by atoms with Crippen LogP contribution in [0.15, 0.2) is 63.7 Å². The van der Waals surface area contributed by atoms with E-state index in [1.165, 1.54) is 31.2 Å². The number of azo groups is 1. The van der Waals surface area contributed by atoms with Crippen LogP contribution >= 0.6 is 11.3 Å². The standard InChI is InChI=1S/C21H22N6O5S2/c1-4-32-17-9-5-15(6-10-17)22-20(29)19(13(2)28)25-24-16-7-11-18(12-8-16)34(30,31)27-21-26-23-14(3)33-21/h5-12,19H,4H2,1-3H3,(H,22,29)(H,26,27)/t19-/m1/s1. The summed E-state index contributed by atoms with van der Waals surface area (Å²) in [6.45, 7) is 5.33. The number of aryl methyl sites for hydroxylation is 1. The number of nitrogens with one attached hydrogen (secondary N) is 2. The zero-order valence-electron chi connectivity index (χ0n) is 18.5. The van der Waals surface area contributed by atoms with Crippen molar-refractivity contribution >= 4 is 49.6 Å². The Balaban J connectivity index is 1.67. The summed E-state index contributed by atoms with van der Waals surface area (Å²) in [4.78, 5) is 24.5. The minimum Gasteiger partial charge on any atom is -0.494 e. The second-order valence-corrected chi connectivity index (χ2v) is 9.76. The maximum atomic E-state index is 12.5. The summed E-state index contributed by atoms with van der Waals surface area (Å²) in [5, 5.41) is 18.7. The highest BCUT2D eigenvalue weighted by molar-refractivity contribution is 7.93. The van der Waals surface area contributed by atoms with E-state index in [4.69, 9.17) is 4.74 Å². The Hall–Kier alpha value is -3.71. The molecule has 0 radical (unpaired) electrons. The number of amides is 1. The quantitative estimate of drug-likeness (QED) is 0.316. The van der Waals surface area contributed by atoms with Crippen molar-refractivity contribution in [3.05, 3.63) is 53.5 Å². The number of carbonyl (C=O) groups excluding carboxylic acids is 2. The van der Waals surface area contributed by atoms with E-state index in [9.17, 15) is 18.0 Å². The summed E-state index contributed by atoms with van der Waals surface area (Å²) in [6, 6.07) is 10.8. The topological polar surface area (TPSA) is 152 Å². The molecule has 0 spiro atoms. The van der Waals surface area contributed by atoms with E-state index in [1.54, 1.807) is 31.2 Å². The molecule has 2 aromatic carbocycles. The van der Waals surface area contributed by atoms with Gasteiger partial charge in [-0.1, -0.05) is 11.3 Å². The molecule has 1 atom stereocenters. The highest BCUT2D eigenvalue weighted by atomic mass is 32.2. The summed E-state index contributed by atoms with van der Waals surface area (Å²) in [5.41, 5.74) is 0.744. The molecular weight excluding hydrogens is 480 g/mol. The van der Waals surface area contributed by atoms with Crippen molar-refractivity contribution in [2.75, 3.05) is 16.6 Å². The summed E-state index contributed by atoms with van der Waals surface area (Å²) >= 11 is 1.11. The van der Waals surface area contributed by atoms with E-state index in [1.807, 2.05) is 6.92 Å². The van der Waals surface area contributed by atoms with Crippen LogP contribution in [0.4, 0.5) is 16.5 Å². The van der Waals surface area contributed by atoms with Gasteiger partial charge >= 0.3 is 0 Å². The SMILES string of the molecule is CCOc1ccc(NC(=O)[C@H](N=Nc2ccc(S(=O)(=O)Nc3nnc(C)s3)cc2)C(C)=O)cc1.